The molecule has 0 fully saturated rings. The summed E-state index contributed by atoms with van der Waals surface area (Å²) in [4.78, 5) is 4.44. The van der Waals surface area contributed by atoms with Crippen molar-refractivity contribution in [2.24, 2.45) is 0 Å². The number of aromatic nitrogens is 1. The Labute approximate surface area is 107 Å². The SMILES string of the molecule is CCc1nc(C)ccc1Oc1cccc(C#N)c1. The standard InChI is InChI=1S/C15H14N2O/c1-3-14-15(8-7-11(2)17-14)18-13-6-4-5-12(9-13)10-16/h4-9H,3H2,1-2H3. The lowest BCUT2D eigenvalue weighted by Crippen LogP contribution is -1.95. The molecule has 2 rings (SSSR count). The molecule has 0 aliphatic carbocycles. The van der Waals surface area contributed by atoms with Crippen LogP contribution < -0.4 is 4.74 Å². The van der Waals surface area contributed by atoms with E-state index >= 15 is 0 Å². The summed E-state index contributed by atoms with van der Waals surface area (Å²) in [7, 11) is 0. The topological polar surface area (TPSA) is 45.9 Å². The minimum absolute atomic E-state index is 0.589. The molecular formula is C15H14N2O. The van der Waals surface area contributed by atoms with E-state index in [2.05, 4.69) is 11.1 Å². The summed E-state index contributed by atoms with van der Waals surface area (Å²) in [6.07, 6.45) is 0.814. The van der Waals surface area contributed by atoms with Gasteiger partial charge in [-0.3, -0.25) is 4.98 Å². The number of nitrogens with zero attached hydrogens (tertiary/aromatic N) is 2. The van der Waals surface area contributed by atoms with Gasteiger partial charge in [-0.1, -0.05) is 13.0 Å². The summed E-state index contributed by atoms with van der Waals surface area (Å²) >= 11 is 0. The monoisotopic (exact) mass is 238 g/mol. The van der Waals surface area contributed by atoms with Crippen molar-refractivity contribution in [1.29, 1.82) is 5.26 Å². The van der Waals surface area contributed by atoms with Crippen LogP contribution in [0.4, 0.5) is 0 Å². The van der Waals surface area contributed by atoms with E-state index in [4.69, 9.17) is 10.00 Å². The van der Waals surface area contributed by atoms with Gasteiger partial charge in [0, 0.05) is 5.69 Å². The molecule has 0 saturated carbocycles. The molecule has 0 aliphatic heterocycles. The molecule has 0 atom stereocenters. The molecule has 0 saturated heterocycles. The Hall–Kier alpha value is -2.34. The fraction of sp³-hybridized carbons (Fsp3) is 0.200. The molecule has 1 aromatic heterocycles. The molecule has 2 aromatic rings. The van der Waals surface area contributed by atoms with Crippen LogP contribution in [-0.4, -0.2) is 4.98 Å². The highest BCUT2D eigenvalue weighted by Crippen LogP contribution is 2.25. The molecule has 1 heterocycles. The first-order valence-electron chi connectivity index (χ1n) is 5.87. The van der Waals surface area contributed by atoms with E-state index in [1.165, 1.54) is 0 Å². The number of rotatable bonds is 3. The van der Waals surface area contributed by atoms with Gasteiger partial charge in [0.2, 0.25) is 0 Å². The largest absolute Gasteiger partial charge is 0.455 e. The van der Waals surface area contributed by atoms with E-state index in [1.807, 2.05) is 32.0 Å². The van der Waals surface area contributed by atoms with E-state index in [0.717, 1.165) is 23.6 Å². The van der Waals surface area contributed by atoms with Gasteiger partial charge in [0.05, 0.1) is 17.3 Å². The number of pyridine rings is 1. The molecule has 90 valence electrons. The van der Waals surface area contributed by atoms with Crippen LogP contribution in [0, 0.1) is 18.3 Å². The lowest BCUT2D eigenvalue weighted by atomic mass is 10.2. The molecule has 1 aromatic carbocycles. The van der Waals surface area contributed by atoms with Crippen molar-refractivity contribution in [3.8, 4) is 17.6 Å². The second kappa shape index (κ2) is 5.33. The number of nitriles is 1. The molecule has 0 unspecified atom stereocenters. The lowest BCUT2D eigenvalue weighted by Gasteiger charge is -2.10. The first-order chi connectivity index (χ1) is 8.72. The number of hydrogen-bond donors (Lipinski definition) is 0. The summed E-state index contributed by atoms with van der Waals surface area (Å²) in [5, 5.41) is 8.85. The molecule has 18 heavy (non-hydrogen) atoms. The molecule has 0 aliphatic rings. The Morgan fingerprint density at radius 3 is 2.83 bits per heavy atom. The molecule has 0 amide bonds. The number of benzene rings is 1. The molecule has 0 N–H and O–H groups in total. The van der Waals surface area contributed by atoms with E-state index in [9.17, 15) is 0 Å². The smallest absolute Gasteiger partial charge is 0.148 e. The Morgan fingerprint density at radius 2 is 2.11 bits per heavy atom. The number of aryl methyl sites for hydroxylation is 2. The summed E-state index contributed by atoms with van der Waals surface area (Å²) in [6, 6.07) is 13.0. The molecule has 3 heteroatoms. The maximum Gasteiger partial charge on any atom is 0.148 e. The third-order valence-electron chi connectivity index (χ3n) is 2.60. The van der Waals surface area contributed by atoms with Crippen molar-refractivity contribution in [1.82, 2.24) is 4.98 Å². The van der Waals surface area contributed by atoms with Gasteiger partial charge in [-0.2, -0.15) is 5.26 Å². The van der Waals surface area contributed by atoms with Crippen LogP contribution in [0.2, 0.25) is 0 Å². The Balaban J connectivity index is 2.31. The predicted octanol–water partition coefficient (Wildman–Crippen LogP) is 3.62. The zero-order valence-electron chi connectivity index (χ0n) is 10.5. The minimum Gasteiger partial charge on any atom is -0.455 e. The van der Waals surface area contributed by atoms with Gasteiger partial charge >= 0.3 is 0 Å². The highest BCUT2D eigenvalue weighted by Gasteiger charge is 2.05. The molecular weight excluding hydrogens is 224 g/mol. The van der Waals surface area contributed by atoms with Crippen LogP contribution in [0.5, 0.6) is 11.5 Å². The third kappa shape index (κ3) is 2.67. The fourth-order valence-electron chi connectivity index (χ4n) is 1.70. The molecule has 0 bridgehead atoms. The van der Waals surface area contributed by atoms with Crippen LogP contribution in [0.3, 0.4) is 0 Å². The predicted molar refractivity (Wildman–Crippen MR) is 69.6 cm³/mol. The average Bonchev–Trinajstić information content (AvgIpc) is 2.41. The van der Waals surface area contributed by atoms with E-state index in [-0.39, 0.29) is 0 Å². The van der Waals surface area contributed by atoms with Gasteiger partial charge in [0.1, 0.15) is 11.5 Å². The first-order valence-corrected chi connectivity index (χ1v) is 5.87. The van der Waals surface area contributed by atoms with E-state index in [1.54, 1.807) is 18.2 Å². The summed E-state index contributed by atoms with van der Waals surface area (Å²) in [5.41, 5.74) is 2.49. The third-order valence-corrected chi connectivity index (χ3v) is 2.60. The molecule has 3 nitrogen and oxygen atoms in total. The van der Waals surface area contributed by atoms with Crippen molar-refractivity contribution in [2.45, 2.75) is 20.3 Å². The van der Waals surface area contributed by atoms with Crippen LogP contribution in [0.1, 0.15) is 23.9 Å². The first kappa shape index (κ1) is 12.1. The number of hydrogen-bond acceptors (Lipinski definition) is 3. The van der Waals surface area contributed by atoms with Crippen molar-refractivity contribution < 1.29 is 4.74 Å². The summed E-state index contributed by atoms with van der Waals surface area (Å²) < 4.78 is 5.78. The maximum atomic E-state index is 8.85. The highest BCUT2D eigenvalue weighted by molar-refractivity contribution is 5.40. The van der Waals surface area contributed by atoms with Crippen molar-refractivity contribution >= 4 is 0 Å². The Morgan fingerprint density at radius 1 is 1.28 bits per heavy atom. The Bertz CT molecular complexity index is 600. The second-order valence-electron chi connectivity index (χ2n) is 3.99. The van der Waals surface area contributed by atoms with Crippen LogP contribution in [0.15, 0.2) is 36.4 Å². The Kier molecular flexibility index (Phi) is 3.59. The second-order valence-corrected chi connectivity index (χ2v) is 3.99. The average molecular weight is 238 g/mol. The normalized spacial score (nSPS) is 9.83. The lowest BCUT2D eigenvalue weighted by molar-refractivity contribution is 0.472. The van der Waals surface area contributed by atoms with Crippen molar-refractivity contribution in [3.05, 3.63) is 53.3 Å². The van der Waals surface area contributed by atoms with E-state index in [0.29, 0.717) is 11.3 Å². The maximum absolute atomic E-state index is 8.85. The van der Waals surface area contributed by atoms with Crippen LogP contribution >= 0.6 is 0 Å². The van der Waals surface area contributed by atoms with Crippen molar-refractivity contribution in [2.75, 3.05) is 0 Å². The summed E-state index contributed by atoms with van der Waals surface area (Å²) in [5.74, 6) is 1.41. The summed E-state index contributed by atoms with van der Waals surface area (Å²) in [6.45, 7) is 4.00. The van der Waals surface area contributed by atoms with Crippen molar-refractivity contribution in [3.63, 3.8) is 0 Å². The van der Waals surface area contributed by atoms with Gasteiger partial charge in [0.15, 0.2) is 0 Å². The molecule has 0 radical (unpaired) electrons. The van der Waals surface area contributed by atoms with E-state index < -0.39 is 0 Å². The van der Waals surface area contributed by atoms with Crippen LogP contribution in [0.25, 0.3) is 0 Å². The minimum atomic E-state index is 0.589. The van der Waals surface area contributed by atoms with Gasteiger partial charge in [-0.15, -0.1) is 0 Å². The zero-order valence-corrected chi connectivity index (χ0v) is 10.5. The highest BCUT2D eigenvalue weighted by atomic mass is 16.5. The van der Waals surface area contributed by atoms with Crippen LogP contribution in [-0.2, 0) is 6.42 Å². The quantitative estimate of drug-likeness (QED) is 0.820. The fourth-order valence-corrected chi connectivity index (χ4v) is 1.70. The zero-order chi connectivity index (χ0) is 13.0. The molecule has 0 spiro atoms. The van der Waals surface area contributed by atoms with Gasteiger partial charge in [-0.25, -0.2) is 0 Å². The number of ether oxygens (including phenoxy) is 1. The van der Waals surface area contributed by atoms with Gasteiger partial charge < -0.3 is 4.74 Å². The van der Waals surface area contributed by atoms with Gasteiger partial charge in [0.25, 0.3) is 0 Å². The van der Waals surface area contributed by atoms with Gasteiger partial charge in [-0.05, 0) is 43.7 Å².